The van der Waals surface area contributed by atoms with E-state index in [1.54, 1.807) is 0 Å². The summed E-state index contributed by atoms with van der Waals surface area (Å²) in [7, 11) is 1.40. The Bertz CT molecular complexity index is 357. The lowest BCUT2D eigenvalue weighted by molar-refractivity contribution is -0.159. The molecular formula is C11H18N2O5. The molecule has 1 unspecified atom stereocenters. The number of amides is 2. The quantitative estimate of drug-likeness (QED) is 0.674. The lowest BCUT2D eigenvalue weighted by Crippen LogP contribution is -2.57. The summed E-state index contributed by atoms with van der Waals surface area (Å²) in [6, 6.07) is 0. The molecule has 2 amide bonds. The second-order valence-electron chi connectivity index (χ2n) is 4.33. The van der Waals surface area contributed by atoms with E-state index in [0.717, 1.165) is 0 Å². The number of carboxylic acids is 1. The van der Waals surface area contributed by atoms with E-state index in [2.05, 4.69) is 5.32 Å². The Morgan fingerprint density at radius 3 is 2.61 bits per heavy atom. The maximum atomic E-state index is 11.9. The monoisotopic (exact) mass is 258 g/mol. The molecule has 0 spiro atoms. The van der Waals surface area contributed by atoms with Crippen LogP contribution in [0.1, 0.15) is 19.8 Å². The van der Waals surface area contributed by atoms with E-state index in [1.165, 1.54) is 18.9 Å². The van der Waals surface area contributed by atoms with Crippen LogP contribution in [-0.4, -0.2) is 60.1 Å². The fourth-order valence-corrected chi connectivity index (χ4v) is 2.21. The maximum Gasteiger partial charge on any atom is 0.332 e. The van der Waals surface area contributed by atoms with Crippen molar-refractivity contribution in [1.29, 1.82) is 0 Å². The Kier molecular flexibility index (Phi) is 4.66. The van der Waals surface area contributed by atoms with Crippen LogP contribution in [0.2, 0.25) is 0 Å². The van der Waals surface area contributed by atoms with Crippen LogP contribution in [0.25, 0.3) is 0 Å². The van der Waals surface area contributed by atoms with Gasteiger partial charge in [0.05, 0.1) is 13.2 Å². The van der Waals surface area contributed by atoms with Crippen LogP contribution < -0.4 is 5.32 Å². The van der Waals surface area contributed by atoms with Gasteiger partial charge in [0.1, 0.15) is 0 Å². The van der Waals surface area contributed by atoms with Gasteiger partial charge in [0.15, 0.2) is 5.54 Å². The molecule has 1 aliphatic rings. The third kappa shape index (κ3) is 2.79. The van der Waals surface area contributed by atoms with Crippen LogP contribution in [0.3, 0.4) is 0 Å². The molecule has 0 aliphatic carbocycles. The Morgan fingerprint density at radius 1 is 1.44 bits per heavy atom. The van der Waals surface area contributed by atoms with E-state index in [0.29, 0.717) is 19.4 Å². The molecule has 2 N–H and O–H groups in total. The van der Waals surface area contributed by atoms with Gasteiger partial charge in [-0.2, -0.15) is 0 Å². The third-order valence-corrected chi connectivity index (χ3v) is 3.06. The number of carboxylic acid groups (broad SMARTS) is 1. The van der Waals surface area contributed by atoms with Crippen LogP contribution >= 0.6 is 0 Å². The average molecular weight is 258 g/mol. The minimum atomic E-state index is -1.30. The van der Waals surface area contributed by atoms with Crippen molar-refractivity contribution in [2.24, 2.45) is 0 Å². The van der Waals surface area contributed by atoms with Gasteiger partial charge in [-0.1, -0.05) is 0 Å². The number of ether oxygens (including phenoxy) is 1. The highest BCUT2D eigenvalue weighted by molar-refractivity contribution is 5.90. The molecule has 0 aromatic carbocycles. The number of carbonyl (C=O) groups excluding carboxylic acids is 2. The first-order valence-corrected chi connectivity index (χ1v) is 5.71. The van der Waals surface area contributed by atoms with Gasteiger partial charge in [-0.25, -0.2) is 4.79 Å². The molecule has 0 aromatic rings. The molecule has 1 heterocycles. The number of aliphatic carboxylic acids is 1. The van der Waals surface area contributed by atoms with E-state index in [-0.39, 0.29) is 19.1 Å². The summed E-state index contributed by atoms with van der Waals surface area (Å²) in [4.78, 5) is 35.4. The lowest BCUT2D eigenvalue weighted by atomic mass is 9.97. The van der Waals surface area contributed by atoms with E-state index >= 15 is 0 Å². The Balaban J connectivity index is 2.81. The van der Waals surface area contributed by atoms with E-state index < -0.39 is 17.4 Å². The van der Waals surface area contributed by atoms with Crippen molar-refractivity contribution in [3.63, 3.8) is 0 Å². The SMILES string of the molecule is COCC1(C(=O)O)CCCN1C(=O)CNC(C)=O. The van der Waals surface area contributed by atoms with Gasteiger partial charge in [0.25, 0.3) is 0 Å². The molecule has 7 heteroatoms. The average Bonchev–Trinajstić information content (AvgIpc) is 2.71. The van der Waals surface area contributed by atoms with Crippen molar-refractivity contribution in [2.45, 2.75) is 25.3 Å². The highest BCUT2D eigenvalue weighted by Gasteiger charge is 2.49. The minimum absolute atomic E-state index is 0.0475. The first-order chi connectivity index (χ1) is 8.44. The first kappa shape index (κ1) is 14.4. The van der Waals surface area contributed by atoms with Gasteiger partial charge in [-0.15, -0.1) is 0 Å². The van der Waals surface area contributed by atoms with E-state index in [4.69, 9.17) is 4.74 Å². The number of methoxy groups -OCH3 is 1. The normalized spacial score (nSPS) is 22.9. The molecule has 1 fully saturated rings. The summed E-state index contributed by atoms with van der Waals surface area (Å²) in [6.45, 7) is 1.44. The molecule has 1 rings (SSSR count). The largest absolute Gasteiger partial charge is 0.479 e. The summed E-state index contributed by atoms with van der Waals surface area (Å²) in [5.41, 5.74) is -1.30. The number of nitrogens with one attached hydrogen (secondary N) is 1. The maximum absolute atomic E-state index is 11.9. The highest BCUT2D eigenvalue weighted by atomic mass is 16.5. The van der Waals surface area contributed by atoms with Crippen molar-refractivity contribution in [2.75, 3.05) is 26.8 Å². The third-order valence-electron chi connectivity index (χ3n) is 3.06. The lowest BCUT2D eigenvalue weighted by Gasteiger charge is -2.34. The van der Waals surface area contributed by atoms with Crippen molar-refractivity contribution in [3.05, 3.63) is 0 Å². The summed E-state index contributed by atoms with van der Waals surface area (Å²) < 4.78 is 4.93. The number of hydrogen-bond donors (Lipinski definition) is 2. The predicted octanol–water partition coefficient (Wildman–Crippen LogP) is -0.785. The van der Waals surface area contributed by atoms with Crippen LogP contribution in [0.4, 0.5) is 0 Å². The van der Waals surface area contributed by atoms with Gasteiger partial charge in [0, 0.05) is 20.6 Å². The summed E-state index contributed by atoms with van der Waals surface area (Å²) in [5.74, 6) is -1.80. The van der Waals surface area contributed by atoms with Crippen LogP contribution in [0.5, 0.6) is 0 Å². The Hall–Kier alpha value is -1.63. The first-order valence-electron chi connectivity index (χ1n) is 5.71. The molecule has 18 heavy (non-hydrogen) atoms. The zero-order valence-corrected chi connectivity index (χ0v) is 10.6. The number of carbonyl (C=O) groups is 3. The number of likely N-dealkylation sites (tertiary alicyclic amines) is 1. The van der Waals surface area contributed by atoms with Gasteiger partial charge in [0.2, 0.25) is 11.8 Å². The van der Waals surface area contributed by atoms with Gasteiger partial charge < -0.3 is 20.1 Å². The van der Waals surface area contributed by atoms with E-state index in [9.17, 15) is 19.5 Å². The molecular weight excluding hydrogens is 240 g/mol. The fourth-order valence-electron chi connectivity index (χ4n) is 2.21. The highest BCUT2D eigenvalue weighted by Crippen LogP contribution is 2.30. The van der Waals surface area contributed by atoms with Crippen molar-refractivity contribution in [1.82, 2.24) is 10.2 Å². The van der Waals surface area contributed by atoms with Crippen LogP contribution in [0, 0.1) is 0 Å². The summed E-state index contributed by atoms with van der Waals surface area (Å²) in [6.07, 6.45) is 0.976. The standard InChI is InChI=1S/C11H18N2O5/c1-8(14)12-6-9(15)13-5-3-4-11(13,7-18-2)10(16)17/h3-7H2,1-2H3,(H,12,14)(H,16,17). The smallest absolute Gasteiger partial charge is 0.332 e. The molecule has 0 radical (unpaired) electrons. The van der Waals surface area contributed by atoms with Crippen LogP contribution in [0.15, 0.2) is 0 Å². The zero-order valence-electron chi connectivity index (χ0n) is 10.6. The van der Waals surface area contributed by atoms with Gasteiger partial charge in [-0.3, -0.25) is 9.59 Å². The van der Waals surface area contributed by atoms with Crippen molar-refractivity contribution >= 4 is 17.8 Å². The molecule has 1 aliphatic heterocycles. The number of nitrogens with zero attached hydrogens (tertiary/aromatic N) is 1. The number of hydrogen-bond acceptors (Lipinski definition) is 4. The number of rotatable bonds is 5. The summed E-state index contributed by atoms with van der Waals surface area (Å²) in [5, 5.41) is 11.7. The Labute approximate surface area is 105 Å². The Morgan fingerprint density at radius 2 is 2.11 bits per heavy atom. The molecule has 0 aromatic heterocycles. The molecule has 102 valence electrons. The summed E-state index contributed by atoms with van der Waals surface area (Å²) >= 11 is 0. The van der Waals surface area contributed by atoms with Crippen molar-refractivity contribution in [3.8, 4) is 0 Å². The topological polar surface area (TPSA) is 95.9 Å². The van der Waals surface area contributed by atoms with Gasteiger partial charge >= 0.3 is 5.97 Å². The van der Waals surface area contributed by atoms with E-state index in [1.807, 2.05) is 0 Å². The minimum Gasteiger partial charge on any atom is -0.479 e. The zero-order chi connectivity index (χ0) is 13.8. The molecule has 1 atom stereocenters. The van der Waals surface area contributed by atoms with Gasteiger partial charge in [-0.05, 0) is 12.8 Å². The molecule has 7 nitrogen and oxygen atoms in total. The predicted molar refractivity (Wildman–Crippen MR) is 61.9 cm³/mol. The second-order valence-corrected chi connectivity index (χ2v) is 4.33. The molecule has 0 saturated carbocycles. The van der Waals surface area contributed by atoms with Crippen molar-refractivity contribution < 1.29 is 24.2 Å². The fraction of sp³-hybridized carbons (Fsp3) is 0.727. The molecule has 0 bridgehead atoms. The van der Waals surface area contributed by atoms with Crippen LogP contribution in [-0.2, 0) is 19.1 Å². The molecule has 1 saturated heterocycles. The second kappa shape index (κ2) is 5.81.